The first-order valence-electron chi connectivity index (χ1n) is 8.69. The Morgan fingerprint density at radius 1 is 1.16 bits per heavy atom. The summed E-state index contributed by atoms with van der Waals surface area (Å²) in [6.07, 6.45) is 11.5. The van der Waals surface area contributed by atoms with Gasteiger partial charge in [-0.25, -0.2) is 0 Å². The topological polar surface area (TPSA) is 46.6 Å². The van der Waals surface area contributed by atoms with Gasteiger partial charge < -0.3 is 4.74 Å². The van der Waals surface area contributed by atoms with E-state index in [1.54, 1.807) is 24.3 Å². The summed E-state index contributed by atoms with van der Waals surface area (Å²) in [6.45, 7) is 4.42. The van der Waals surface area contributed by atoms with E-state index in [0.717, 1.165) is 24.8 Å². The maximum atomic E-state index is 13.0. The molecule has 1 unspecified atom stereocenters. The lowest BCUT2D eigenvalue weighted by Crippen LogP contribution is -2.44. The van der Waals surface area contributed by atoms with Gasteiger partial charge in [0.05, 0.1) is 12.5 Å². The van der Waals surface area contributed by atoms with Crippen molar-refractivity contribution in [3.63, 3.8) is 0 Å². The number of imide groups is 1. The van der Waals surface area contributed by atoms with Crippen molar-refractivity contribution in [2.75, 3.05) is 6.54 Å². The summed E-state index contributed by atoms with van der Waals surface area (Å²) in [5.41, 5.74) is -0.233. The van der Waals surface area contributed by atoms with E-state index in [0.29, 0.717) is 13.2 Å². The summed E-state index contributed by atoms with van der Waals surface area (Å²) in [7, 11) is 0. The monoisotopic (exact) mass is 337 g/mol. The highest BCUT2D eigenvalue weighted by Crippen LogP contribution is 2.39. The van der Waals surface area contributed by atoms with Crippen LogP contribution in [0.5, 0.6) is 0 Å². The van der Waals surface area contributed by atoms with Gasteiger partial charge in [0.25, 0.3) is 5.91 Å². The highest BCUT2D eigenvalue weighted by Gasteiger charge is 2.58. The third kappa shape index (κ3) is 3.35. The second kappa shape index (κ2) is 7.62. The van der Waals surface area contributed by atoms with Crippen LogP contribution in [-0.4, -0.2) is 28.9 Å². The number of ether oxygens (including phenoxy) is 1. The third-order valence-corrected chi connectivity index (χ3v) is 4.69. The van der Waals surface area contributed by atoms with Crippen LogP contribution in [0.3, 0.4) is 0 Å². The molecule has 25 heavy (non-hydrogen) atoms. The fourth-order valence-electron chi connectivity index (χ4n) is 3.32. The Bertz CT molecular complexity index is 707. The normalized spacial score (nSPS) is 24.6. The highest BCUT2D eigenvalue weighted by molar-refractivity contribution is 6.11. The molecule has 1 aliphatic heterocycles. The first kappa shape index (κ1) is 17.4. The third-order valence-electron chi connectivity index (χ3n) is 4.69. The molecule has 0 spiro atoms. The van der Waals surface area contributed by atoms with Crippen molar-refractivity contribution >= 4 is 11.8 Å². The SMILES string of the molecule is C=CCCCCN1C(=O)[C@@H]2C=CC=CC2(OCc2ccccc2)C1=O. The Kier molecular flexibility index (Phi) is 5.29. The van der Waals surface area contributed by atoms with Crippen LogP contribution in [-0.2, 0) is 20.9 Å². The standard InChI is InChI=1S/C21H23NO3/c1-2-3-4-10-15-22-19(23)18-13-8-9-14-21(18,20(22)24)25-16-17-11-6-5-7-12-17/h2,5-9,11-14,18H,1,3-4,10,15-16H2/t18-,21?/m0/s1. The molecule has 1 fully saturated rings. The van der Waals surface area contributed by atoms with Crippen molar-refractivity contribution in [3.05, 3.63) is 72.9 Å². The van der Waals surface area contributed by atoms with Crippen LogP contribution >= 0.6 is 0 Å². The first-order valence-corrected chi connectivity index (χ1v) is 8.69. The minimum Gasteiger partial charge on any atom is -0.355 e. The van der Waals surface area contributed by atoms with Crippen molar-refractivity contribution in [3.8, 4) is 0 Å². The molecule has 3 rings (SSSR count). The molecule has 0 bridgehead atoms. The average Bonchev–Trinajstić information content (AvgIpc) is 2.86. The molecule has 4 nitrogen and oxygen atoms in total. The van der Waals surface area contributed by atoms with Gasteiger partial charge in [-0.2, -0.15) is 0 Å². The smallest absolute Gasteiger partial charge is 0.266 e. The number of rotatable bonds is 8. The second-order valence-corrected chi connectivity index (χ2v) is 6.37. The molecule has 0 N–H and O–H groups in total. The molecule has 2 amide bonds. The lowest BCUT2D eigenvalue weighted by molar-refractivity contribution is -0.147. The van der Waals surface area contributed by atoms with E-state index in [2.05, 4.69) is 6.58 Å². The summed E-state index contributed by atoms with van der Waals surface area (Å²) in [5.74, 6) is -0.997. The van der Waals surface area contributed by atoms with Gasteiger partial charge >= 0.3 is 0 Å². The zero-order chi connectivity index (χ0) is 17.7. The summed E-state index contributed by atoms with van der Waals surface area (Å²) >= 11 is 0. The van der Waals surface area contributed by atoms with Gasteiger partial charge in [-0.3, -0.25) is 14.5 Å². The maximum absolute atomic E-state index is 13.0. The average molecular weight is 337 g/mol. The molecule has 1 aliphatic carbocycles. The largest absolute Gasteiger partial charge is 0.355 e. The van der Waals surface area contributed by atoms with Crippen LogP contribution < -0.4 is 0 Å². The fraction of sp³-hybridized carbons (Fsp3) is 0.333. The van der Waals surface area contributed by atoms with Gasteiger partial charge in [0.15, 0.2) is 5.60 Å². The number of unbranched alkanes of at least 4 members (excludes halogenated alkanes) is 2. The minimum absolute atomic E-state index is 0.169. The Hall–Kier alpha value is -2.46. The van der Waals surface area contributed by atoms with E-state index >= 15 is 0 Å². The maximum Gasteiger partial charge on any atom is 0.266 e. The molecule has 1 heterocycles. The lowest BCUT2D eigenvalue weighted by atomic mass is 9.85. The van der Waals surface area contributed by atoms with Crippen LogP contribution in [0.15, 0.2) is 67.3 Å². The Labute approximate surface area is 148 Å². The molecule has 2 aliphatic rings. The number of nitrogens with zero attached hydrogens (tertiary/aromatic N) is 1. The minimum atomic E-state index is -1.21. The predicted octanol–water partition coefficient (Wildman–Crippen LogP) is 3.41. The summed E-state index contributed by atoms with van der Waals surface area (Å²) in [5, 5.41) is 0. The number of carbonyl (C=O) groups is 2. The van der Waals surface area contributed by atoms with E-state index < -0.39 is 11.5 Å². The van der Waals surface area contributed by atoms with Gasteiger partial charge in [0.1, 0.15) is 0 Å². The summed E-state index contributed by atoms with van der Waals surface area (Å²) < 4.78 is 6.05. The van der Waals surface area contributed by atoms with Crippen molar-refractivity contribution < 1.29 is 14.3 Å². The number of fused-ring (bicyclic) bond motifs is 1. The molecule has 1 aromatic carbocycles. The zero-order valence-electron chi connectivity index (χ0n) is 14.3. The number of carbonyl (C=O) groups excluding carboxylic acids is 2. The molecule has 130 valence electrons. The first-order chi connectivity index (χ1) is 12.2. The lowest BCUT2D eigenvalue weighted by Gasteiger charge is -2.29. The summed E-state index contributed by atoms with van der Waals surface area (Å²) in [4.78, 5) is 27.1. The molecule has 1 aromatic rings. The van der Waals surface area contributed by atoms with Crippen LogP contribution in [0, 0.1) is 5.92 Å². The van der Waals surface area contributed by atoms with Crippen LogP contribution in [0.1, 0.15) is 24.8 Å². The molecule has 0 saturated carbocycles. The number of hydrogen-bond donors (Lipinski definition) is 0. The zero-order valence-corrected chi connectivity index (χ0v) is 14.3. The fourth-order valence-corrected chi connectivity index (χ4v) is 3.32. The van der Waals surface area contributed by atoms with Crippen molar-refractivity contribution in [1.82, 2.24) is 4.90 Å². The van der Waals surface area contributed by atoms with Gasteiger partial charge in [-0.1, -0.05) is 54.6 Å². The van der Waals surface area contributed by atoms with Crippen LogP contribution in [0.4, 0.5) is 0 Å². The molecule has 1 saturated heterocycles. The van der Waals surface area contributed by atoms with Crippen LogP contribution in [0.25, 0.3) is 0 Å². The molecule has 4 heteroatoms. The molecule has 0 radical (unpaired) electrons. The Balaban J connectivity index is 1.76. The van der Waals surface area contributed by atoms with Gasteiger partial charge in [-0.05, 0) is 30.9 Å². The van der Waals surface area contributed by atoms with Gasteiger partial charge in [-0.15, -0.1) is 6.58 Å². The van der Waals surface area contributed by atoms with E-state index in [1.165, 1.54) is 4.90 Å². The Morgan fingerprint density at radius 3 is 2.72 bits per heavy atom. The number of amides is 2. The van der Waals surface area contributed by atoms with Crippen molar-refractivity contribution in [1.29, 1.82) is 0 Å². The van der Waals surface area contributed by atoms with E-state index in [9.17, 15) is 9.59 Å². The Morgan fingerprint density at radius 2 is 1.96 bits per heavy atom. The second-order valence-electron chi connectivity index (χ2n) is 6.37. The predicted molar refractivity (Wildman–Crippen MR) is 96.5 cm³/mol. The van der Waals surface area contributed by atoms with Crippen molar-refractivity contribution in [2.45, 2.75) is 31.5 Å². The van der Waals surface area contributed by atoms with E-state index in [1.807, 2.05) is 36.4 Å². The number of likely N-dealkylation sites (tertiary alicyclic amines) is 1. The number of allylic oxidation sites excluding steroid dienone is 3. The molecular formula is C21H23NO3. The summed E-state index contributed by atoms with van der Waals surface area (Å²) in [6, 6.07) is 9.68. The van der Waals surface area contributed by atoms with Gasteiger partial charge in [0.2, 0.25) is 5.91 Å². The van der Waals surface area contributed by atoms with E-state index in [-0.39, 0.29) is 11.8 Å². The highest BCUT2D eigenvalue weighted by atomic mass is 16.5. The molecular weight excluding hydrogens is 314 g/mol. The molecule has 2 atom stereocenters. The number of benzene rings is 1. The van der Waals surface area contributed by atoms with Crippen molar-refractivity contribution in [2.24, 2.45) is 5.92 Å². The quantitative estimate of drug-likeness (QED) is 0.415. The molecule has 0 aromatic heterocycles. The number of hydrogen-bond acceptors (Lipinski definition) is 3. The van der Waals surface area contributed by atoms with E-state index in [4.69, 9.17) is 4.74 Å². The van der Waals surface area contributed by atoms with Crippen LogP contribution in [0.2, 0.25) is 0 Å². The van der Waals surface area contributed by atoms with Gasteiger partial charge in [0, 0.05) is 6.54 Å².